The van der Waals surface area contributed by atoms with Crippen LogP contribution in [-0.2, 0) is 9.59 Å². The van der Waals surface area contributed by atoms with Crippen molar-refractivity contribution in [2.45, 2.75) is 13.8 Å². The Morgan fingerprint density at radius 2 is 1.90 bits per heavy atom. The maximum absolute atomic E-state index is 11.6. The fraction of sp³-hybridized carbons (Fsp3) is 0.429. The predicted octanol–water partition coefficient (Wildman–Crippen LogP) is 0.789. The summed E-state index contributed by atoms with van der Waals surface area (Å²) in [6.07, 6.45) is 0. The van der Waals surface area contributed by atoms with Crippen molar-refractivity contribution in [1.82, 2.24) is 10.2 Å². The molecule has 0 aliphatic rings. The summed E-state index contributed by atoms with van der Waals surface area (Å²) in [5, 5.41) is 14.2. The number of nitrogens with zero attached hydrogens (tertiary/aromatic N) is 1. The molecule has 0 saturated carbocycles. The number of amides is 2. The molecule has 1 aromatic rings. The Bertz CT molecular complexity index is 459. The first-order valence-electron chi connectivity index (χ1n) is 6.67. The van der Waals surface area contributed by atoms with Crippen molar-refractivity contribution < 1.29 is 14.7 Å². The van der Waals surface area contributed by atoms with Crippen molar-refractivity contribution in [3.8, 4) is 5.75 Å². The Balaban J connectivity index is 2.38. The molecule has 0 saturated heterocycles. The van der Waals surface area contributed by atoms with Gasteiger partial charge in [-0.3, -0.25) is 9.59 Å². The minimum absolute atomic E-state index is 0.0322. The SMILES string of the molecule is CCN(CC)CCNC(=O)C(=O)Nc1cccc(O)c1. The molecule has 0 aliphatic heterocycles. The molecule has 0 unspecified atom stereocenters. The number of aromatic hydroxyl groups is 1. The van der Waals surface area contributed by atoms with Crippen molar-refractivity contribution >= 4 is 17.5 Å². The molecule has 0 bridgehead atoms. The third kappa shape index (κ3) is 5.27. The maximum Gasteiger partial charge on any atom is 0.313 e. The van der Waals surface area contributed by atoms with Gasteiger partial charge >= 0.3 is 11.8 Å². The van der Waals surface area contributed by atoms with Gasteiger partial charge in [-0.25, -0.2) is 0 Å². The largest absolute Gasteiger partial charge is 0.508 e. The van der Waals surface area contributed by atoms with Gasteiger partial charge in [0.15, 0.2) is 0 Å². The molecular weight excluding hydrogens is 258 g/mol. The van der Waals surface area contributed by atoms with Crippen LogP contribution in [0.3, 0.4) is 0 Å². The summed E-state index contributed by atoms with van der Waals surface area (Å²) in [5.74, 6) is -1.39. The van der Waals surface area contributed by atoms with Gasteiger partial charge in [0.05, 0.1) is 0 Å². The van der Waals surface area contributed by atoms with E-state index in [2.05, 4.69) is 15.5 Å². The first-order chi connectivity index (χ1) is 9.56. The minimum atomic E-state index is -0.741. The average molecular weight is 279 g/mol. The van der Waals surface area contributed by atoms with Gasteiger partial charge in [0.25, 0.3) is 0 Å². The molecule has 0 atom stereocenters. The average Bonchev–Trinajstić information content (AvgIpc) is 2.43. The van der Waals surface area contributed by atoms with Gasteiger partial charge in [0, 0.05) is 24.8 Å². The highest BCUT2D eigenvalue weighted by molar-refractivity contribution is 6.39. The number of benzene rings is 1. The van der Waals surface area contributed by atoms with Crippen LogP contribution in [0.25, 0.3) is 0 Å². The van der Waals surface area contributed by atoms with Crippen LogP contribution >= 0.6 is 0 Å². The van der Waals surface area contributed by atoms with Gasteiger partial charge in [-0.05, 0) is 25.2 Å². The number of carbonyl (C=O) groups excluding carboxylic acids is 2. The number of phenolic OH excluding ortho intramolecular Hbond substituents is 1. The van der Waals surface area contributed by atoms with Gasteiger partial charge in [-0.15, -0.1) is 0 Å². The van der Waals surface area contributed by atoms with Crippen LogP contribution in [0.1, 0.15) is 13.8 Å². The summed E-state index contributed by atoms with van der Waals surface area (Å²) < 4.78 is 0. The summed E-state index contributed by atoms with van der Waals surface area (Å²) in [7, 11) is 0. The molecule has 0 aliphatic carbocycles. The molecule has 6 heteroatoms. The van der Waals surface area contributed by atoms with E-state index in [1.807, 2.05) is 13.8 Å². The molecule has 2 amide bonds. The van der Waals surface area contributed by atoms with E-state index in [0.29, 0.717) is 18.8 Å². The van der Waals surface area contributed by atoms with E-state index in [0.717, 1.165) is 13.1 Å². The zero-order valence-electron chi connectivity index (χ0n) is 11.8. The van der Waals surface area contributed by atoms with Gasteiger partial charge in [0.1, 0.15) is 5.75 Å². The van der Waals surface area contributed by atoms with Crippen molar-refractivity contribution in [2.24, 2.45) is 0 Å². The fourth-order valence-electron chi connectivity index (χ4n) is 1.72. The van der Waals surface area contributed by atoms with E-state index >= 15 is 0 Å². The van der Waals surface area contributed by atoms with Crippen LogP contribution in [0.2, 0.25) is 0 Å². The van der Waals surface area contributed by atoms with Crippen LogP contribution < -0.4 is 10.6 Å². The number of hydrogen-bond donors (Lipinski definition) is 3. The van der Waals surface area contributed by atoms with Crippen molar-refractivity contribution in [2.75, 3.05) is 31.5 Å². The summed E-state index contributed by atoms with van der Waals surface area (Å²) in [6, 6.07) is 6.05. The van der Waals surface area contributed by atoms with E-state index in [-0.39, 0.29) is 5.75 Å². The number of phenols is 1. The highest BCUT2D eigenvalue weighted by Gasteiger charge is 2.13. The normalized spacial score (nSPS) is 10.3. The van der Waals surface area contributed by atoms with Crippen molar-refractivity contribution in [3.63, 3.8) is 0 Å². The molecule has 110 valence electrons. The molecule has 0 radical (unpaired) electrons. The molecule has 20 heavy (non-hydrogen) atoms. The molecular formula is C14H21N3O3. The Hall–Kier alpha value is -2.08. The lowest BCUT2D eigenvalue weighted by molar-refractivity contribution is -0.136. The van der Waals surface area contributed by atoms with Crippen LogP contribution in [0, 0.1) is 0 Å². The van der Waals surface area contributed by atoms with Crippen LogP contribution in [-0.4, -0.2) is 48.0 Å². The summed E-state index contributed by atoms with van der Waals surface area (Å²) in [4.78, 5) is 25.4. The lowest BCUT2D eigenvalue weighted by Crippen LogP contribution is -2.40. The zero-order valence-corrected chi connectivity index (χ0v) is 11.8. The van der Waals surface area contributed by atoms with Gasteiger partial charge in [-0.1, -0.05) is 19.9 Å². The molecule has 0 aromatic heterocycles. The van der Waals surface area contributed by atoms with Crippen LogP contribution in [0.5, 0.6) is 5.75 Å². The lowest BCUT2D eigenvalue weighted by atomic mass is 10.3. The number of rotatable bonds is 6. The second-order valence-corrected chi connectivity index (χ2v) is 4.29. The molecule has 0 spiro atoms. The molecule has 0 heterocycles. The van der Waals surface area contributed by atoms with E-state index in [9.17, 15) is 14.7 Å². The van der Waals surface area contributed by atoms with E-state index in [4.69, 9.17) is 0 Å². The van der Waals surface area contributed by atoms with E-state index in [1.165, 1.54) is 12.1 Å². The Kier molecular flexibility index (Phi) is 6.52. The van der Waals surface area contributed by atoms with Crippen molar-refractivity contribution in [3.05, 3.63) is 24.3 Å². The minimum Gasteiger partial charge on any atom is -0.508 e. The number of nitrogens with one attached hydrogen (secondary N) is 2. The lowest BCUT2D eigenvalue weighted by Gasteiger charge is -2.17. The van der Waals surface area contributed by atoms with Crippen molar-refractivity contribution in [1.29, 1.82) is 0 Å². The van der Waals surface area contributed by atoms with Gasteiger partial charge in [0.2, 0.25) is 0 Å². The molecule has 6 nitrogen and oxygen atoms in total. The van der Waals surface area contributed by atoms with E-state index < -0.39 is 11.8 Å². The number of carbonyl (C=O) groups is 2. The first-order valence-corrected chi connectivity index (χ1v) is 6.67. The smallest absolute Gasteiger partial charge is 0.313 e. The second-order valence-electron chi connectivity index (χ2n) is 4.29. The Morgan fingerprint density at radius 3 is 2.50 bits per heavy atom. The fourth-order valence-corrected chi connectivity index (χ4v) is 1.72. The second kappa shape index (κ2) is 8.16. The Labute approximate surface area is 118 Å². The summed E-state index contributed by atoms with van der Waals surface area (Å²) >= 11 is 0. The number of hydrogen-bond acceptors (Lipinski definition) is 4. The van der Waals surface area contributed by atoms with E-state index in [1.54, 1.807) is 12.1 Å². The summed E-state index contributed by atoms with van der Waals surface area (Å²) in [5.41, 5.74) is 0.383. The standard InChI is InChI=1S/C14H21N3O3/c1-3-17(4-2)9-8-15-13(19)14(20)16-11-6-5-7-12(18)10-11/h5-7,10,18H,3-4,8-9H2,1-2H3,(H,15,19)(H,16,20). The third-order valence-corrected chi connectivity index (χ3v) is 2.92. The third-order valence-electron chi connectivity index (χ3n) is 2.92. The quantitative estimate of drug-likeness (QED) is 0.672. The van der Waals surface area contributed by atoms with Crippen LogP contribution in [0.15, 0.2) is 24.3 Å². The molecule has 3 N–H and O–H groups in total. The molecule has 0 fully saturated rings. The highest BCUT2D eigenvalue weighted by atomic mass is 16.3. The zero-order chi connectivity index (χ0) is 15.0. The number of anilines is 1. The molecule has 1 aromatic carbocycles. The maximum atomic E-state index is 11.6. The number of likely N-dealkylation sites (N-methyl/N-ethyl adjacent to an activating group) is 1. The van der Waals surface area contributed by atoms with Gasteiger partial charge in [-0.2, -0.15) is 0 Å². The highest BCUT2D eigenvalue weighted by Crippen LogP contribution is 2.14. The monoisotopic (exact) mass is 279 g/mol. The molecule has 1 rings (SSSR count). The predicted molar refractivity (Wildman–Crippen MR) is 77.5 cm³/mol. The first kappa shape index (κ1) is 16.0. The topological polar surface area (TPSA) is 81.7 Å². The Morgan fingerprint density at radius 1 is 1.20 bits per heavy atom. The summed E-state index contributed by atoms with van der Waals surface area (Å²) in [6.45, 7) is 7.02. The van der Waals surface area contributed by atoms with Crippen LogP contribution in [0.4, 0.5) is 5.69 Å². The van der Waals surface area contributed by atoms with Gasteiger partial charge < -0.3 is 20.6 Å².